The van der Waals surface area contributed by atoms with Gasteiger partial charge in [-0.05, 0) is 33.9 Å². The van der Waals surface area contributed by atoms with E-state index in [1.165, 1.54) is 4.68 Å². The van der Waals surface area contributed by atoms with E-state index < -0.39 is 25.0 Å². The Hall–Kier alpha value is -3.37. The van der Waals surface area contributed by atoms with E-state index in [9.17, 15) is 14.8 Å². The molecule has 1 aliphatic heterocycles. The molecule has 2 aromatic carbocycles. The lowest BCUT2D eigenvalue weighted by Crippen LogP contribution is -2.37. The van der Waals surface area contributed by atoms with Gasteiger partial charge in [0.05, 0.1) is 0 Å². The molecule has 1 aliphatic rings. The number of nitrogens with zero attached hydrogens (tertiary/aromatic N) is 5. The number of aliphatic imine (C=N–C) groups is 1. The Morgan fingerprint density at radius 2 is 1.86 bits per heavy atom. The molecule has 146 valence electrons. The van der Waals surface area contributed by atoms with Crippen molar-refractivity contribution in [3.05, 3.63) is 65.7 Å². The second-order valence-corrected chi connectivity index (χ2v) is 6.73. The molecule has 0 saturated carbocycles. The van der Waals surface area contributed by atoms with Gasteiger partial charge in [-0.3, -0.25) is 4.79 Å². The molecule has 0 radical (unpaired) electrons. The fraction of sp³-hybridized carbons (Fsp3) is 0.211. The van der Waals surface area contributed by atoms with Gasteiger partial charge in [-0.15, -0.1) is 0 Å². The first-order valence-electron chi connectivity index (χ1n) is 9.04. The number of ether oxygens (including phenoxy) is 1. The predicted octanol–water partition coefficient (Wildman–Crippen LogP) is 0.408. The standard InChI is InChI=1S/C19H18BN5O4/c1-12-16(18(26)29-11-13-5-3-2-4-6-13)17(25-19(21-12)22-23-24-25)14-7-9-15(10-8-14)20(27)28/h2-10,16-17,27-28H,11H2,1H3. The predicted molar refractivity (Wildman–Crippen MR) is 105 cm³/mol. The number of aromatic nitrogens is 4. The molecule has 10 heteroatoms. The Balaban J connectivity index is 1.65. The highest BCUT2D eigenvalue weighted by Crippen LogP contribution is 2.35. The van der Waals surface area contributed by atoms with Crippen LogP contribution in [0.2, 0.25) is 0 Å². The van der Waals surface area contributed by atoms with E-state index in [1.54, 1.807) is 31.2 Å². The van der Waals surface area contributed by atoms with Gasteiger partial charge in [0.25, 0.3) is 5.95 Å². The number of rotatable bonds is 5. The number of benzene rings is 2. The SMILES string of the molecule is CC1=Nc2nnnn2C(c2ccc(B(O)O)cc2)C1C(=O)OCc1ccccc1. The third-order valence-corrected chi connectivity index (χ3v) is 4.84. The first-order valence-corrected chi connectivity index (χ1v) is 9.04. The number of carbonyl (C=O) groups excluding carboxylic acids is 1. The van der Waals surface area contributed by atoms with Crippen LogP contribution in [0.3, 0.4) is 0 Å². The molecule has 2 unspecified atom stereocenters. The lowest BCUT2D eigenvalue weighted by Gasteiger charge is -2.29. The van der Waals surface area contributed by atoms with Crippen molar-refractivity contribution in [1.82, 2.24) is 20.2 Å². The van der Waals surface area contributed by atoms with Crippen molar-refractivity contribution in [2.45, 2.75) is 19.6 Å². The summed E-state index contributed by atoms with van der Waals surface area (Å²) in [4.78, 5) is 17.4. The average Bonchev–Trinajstić information content (AvgIpc) is 3.20. The molecule has 4 rings (SSSR count). The van der Waals surface area contributed by atoms with Crippen LogP contribution in [-0.4, -0.2) is 49.1 Å². The van der Waals surface area contributed by atoms with Gasteiger partial charge < -0.3 is 14.8 Å². The monoisotopic (exact) mass is 391 g/mol. The summed E-state index contributed by atoms with van der Waals surface area (Å²) in [7, 11) is -1.58. The zero-order valence-electron chi connectivity index (χ0n) is 15.6. The van der Waals surface area contributed by atoms with Crippen LogP contribution in [0.5, 0.6) is 0 Å². The second-order valence-electron chi connectivity index (χ2n) is 6.73. The van der Waals surface area contributed by atoms with Crippen LogP contribution in [0.1, 0.15) is 24.1 Å². The summed E-state index contributed by atoms with van der Waals surface area (Å²) in [5.41, 5.74) is 2.49. The molecule has 9 nitrogen and oxygen atoms in total. The van der Waals surface area contributed by atoms with E-state index in [4.69, 9.17) is 4.74 Å². The van der Waals surface area contributed by atoms with Gasteiger partial charge >= 0.3 is 13.1 Å². The molecule has 1 aromatic heterocycles. The summed E-state index contributed by atoms with van der Waals surface area (Å²) in [6.45, 7) is 1.89. The molecular weight excluding hydrogens is 373 g/mol. The summed E-state index contributed by atoms with van der Waals surface area (Å²) in [5, 5.41) is 30.2. The first-order chi connectivity index (χ1) is 14.0. The van der Waals surface area contributed by atoms with Crippen LogP contribution in [0, 0.1) is 5.92 Å². The van der Waals surface area contributed by atoms with E-state index in [-0.39, 0.29) is 6.61 Å². The van der Waals surface area contributed by atoms with E-state index >= 15 is 0 Å². The van der Waals surface area contributed by atoms with Gasteiger partial charge in [0, 0.05) is 5.71 Å². The molecule has 3 aromatic rings. The van der Waals surface area contributed by atoms with E-state index in [2.05, 4.69) is 20.5 Å². The van der Waals surface area contributed by atoms with Gasteiger partial charge in [0.2, 0.25) is 0 Å². The number of carbonyl (C=O) groups is 1. The Kier molecular flexibility index (Phi) is 5.19. The van der Waals surface area contributed by atoms with Crippen molar-refractivity contribution >= 4 is 30.2 Å². The first kappa shape index (κ1) is 19.0. The molecule has 0 aliphatic carbocycles. The summed E-state index contributed by atoms with van der Waals surface area (Å²) in [6.07, 6.45) is 0. The molecule has 2 atom stereocenters. The van der Waals surface area contributed by atoms with Gasteiger partial charge in [-0.25, -0.2) is 9.67 Å². The van der Waals surface area contributed by atoms with Crippen LogP contribution in [0.4, 0.5) is 5.95 Å². The Labute approximate surface area is 166 Å². The number of esters is 1. The minimum absolute atomic E-state index is 0.147. The number of fused-ring (bicyclic) bond motifs is 1. The van der Waals surface area contributed by atoms with Crippen LogP contribution in [0.25, 0.3) is 0 Å². The van der Waals surface area contributed by atoms with Crippen LogP contribution in [0.15, 0.2) is 59.6 Å². The minimum atomic E-state index is -1.58. The topological polar surface area (TPSA) is 123 Å². The summed E-state index contributed by atoms with van der Waals surface area (Å²) in [5.74, 6) is -0.863. The number of hydrogen-bond donors (Lipinski definition) is 2. The number of hydrogen-bond acceptors (Lipinski definition) is 8. The lowest BCUT2D eigenvalue weighted by molar-refractivity contribution is -0.148. The average molecular weight is 391 g/mol. The normalized spacial score (nSPS) is 18.0. The van der Waals surface area contributed by atoms with E-state index in [1.807, 2.05) is 30.3 Å². The fourth-order valence-electron chi connectivity index (χ4n) is 3.36. The molecule has 2 N–H and O–H groups in total. The highest BCUT2D eigenvalue weighted by Gasteiger charge is 2.40. The Bertz CT molecular complexity index is 1040. The lowest BCUT2D eigenvalue weighted by atomic mass is 9.79. The fourth-order valence-corrected chi connectivity index (χ4v) is 3.36. The maximum absolute atomic E-state index is 13.0. The van der Waals surface area contributed by atoms with E-state index in [0.717, 1.165) is 11.1 Å². The van der Waals surface area contributed by atoms with Crippen molar-refractivity contribution in [2.75, 3.05) is 0 Å². The number of tetrazole rings is 1. The van der Waals surface area contributed by atoms with Gasteiger partial charge in [-0.1, -0.05) is 59.7 Å². The zero-order chi connectivity index (χ0) is 20.4. The van der Waals surface area contributed by atoms with Crippen molar-refractivity contribution < 1.29 is 19.6 Å². The summed E-state index contributed by atoms with van der Waals surface area (Å²) < 4.78 is 7.04. The van der Waals surface area contributed by atoms with Crippen molar-refractivity contribution in [3.8, 4) is 0 Å². The third-order valence-electron chi connectivity index (χ3n) is 4.84. The molecule has 0 fully saturated rings. The molecule has 29 heavy (non-hydrogen) atoms. The summed E-state index contributed by atoms with van der Waals surface area (Å²) >= 11 is 0. The van der Waals surface area contributed by atoms with Gasteiger partial charge in [-0.2, -0.15) is 0 Å². The van der Waals surface area contributed by atoms with Crippen LogP contribution >= 0.6 is 0 Å². The van der Waals surface area contributed by atoms with Crippen LogP contribution in [-0.2, 0) is 16.1 Å². The van der Waals surface area contributed by atoms with Gasteiger partial charge in [0.15, 0.2) is 0 Å². The quantitative estimate of drug-likeness (QED) is 0.477. The maximum atomic E-state index is 13.0. The summed E-state index contributed by atoms with van der Waals surface area (Å²) in [6, 6.07) is 15.4. The third kappa shape index (κ3) is 3.80. The highest BCUT2D eigenvalue weighted by atomic mass is 16.5. The molecule has 0 spiro atoms. The molecule has 0 bridgehead atoms. The largest absolute Gasteiger partial charge is 0.488 e. The molecule has 0 amide bonds. The van der Waals surface area contributed by atoms with Crippen LogP contribution < -0.4 is 5.46 Å². The zero-order valence-corrected chi connectivity index (χ0v) is 15.6. The smallest absolute Gasteiger partial charge is 0.460 e. The molecule has 2 heterocycles. The van der Waals surface area contributed by atoms with Crippen molar-refractivity contribution in [1.29, 1.82) is 0 Å². The Morgan fingerprint density at radius 1 is 1.14 bits per heavy atom. The Morgan fingerprint density at radius 3 is 2.55 bits per heavy atom. The second kappa shape index (κ2) is 7.94. The molecular formula is C19H18BN5O4. The minimum Gasteiger partial charge on any atom is -0.460 e. The van der Waals surface area contributed by atoms with Gasteiger partial charge in [0.1, 0.15) is 18.6 Å². The maximum Gasteiger partial charge on any atom is 0.488 e. The van der Waals surface area contributed by atoms with Crippen molar-refractivity contribution in [3.63, 3.8) is 0 Å². The highest BCUT2D eigenvalue weighted by molar-refractivity contribution is 6.58. The molecule has 0 saturated heterocycles. The van der Waals surface area contributed by atoms with Crippen molar-refractivity contribution in [2.24, 2.45) is 10.9 Å². The van der Waals surface area contributed by atoms with E-state index in [0.29, 0.717) is 17.1 Å².